The molecule has 0 aliphatic rings. The first-order chi connectivity index (χ1) is 10.2. The van der Waals surface area contributed by atoms with E-state index in [-0.39, 0.29) is 18.5 Å². The number of anilines is 1. The molecule has 0 aromatic heterocycles. The fraction of sp³-hybridized carbons (Fsp3) is 0.611. The van der Waals surface area contributed by atoms with E-state index in [1.807, 2.05) is 37.8 Å². The second-order valence-corrected chi connectivity index (χ2v) is 6.61. The maximum absolute atomic E-state index is 12.4. The number of aliphatic hydroxyl groups is 1. The molecule has 22 heavy (non-hydrogen) atoms. The number of aryl methyl sites for hydroxylation is 1. The molecule has 1 atom stereocenters. The Morgan fingerprint density at radius 3 is 2.36 bits per heavy atom. The molecule has 1 unspecified atom stereocenters. The van der Waals surface area contributed by atoms with Gasteiger partial charge in [-0.1, -0.05) is 32.0 Å². The van der Waals surface area contributed by atoms with Crippen molar-refractivity contribution in [2.75, 3.05) is 18.4 Å². The van der Waals surface area contributed by atoms with Gasteiger partial charge in [-0.3, -0.25) is 9.69 Å². The summed E-state index contributed by atoms with van der Waals surface area (Å²) in [5.41, 5.74) is 3.15. The van der Waals surface area contributed by atoms with E-state index in [9.17, 15) is 9.90 Å². The maximum Gasteiger partial charge on any atom is 0.238 e. The number of nitrogens with one attached hydrogen (secondary N) is 1. The predicted octanol–water partition coefficient (Wildman–Crippen LogP) is 3.15. The van der Waals surface area contributed by atoms with Gasteiger partial charge in [-0.15, -0.1) is 0 Å². The van der Waals surface area contributed by atoms with E-state index >= 15 is 0 Å². The molecule has 1 aromatic carbocycles. The SMILES string of the molecule is Cc1cccc(C(C)C)c1NC(=O)CN(CC(C)O)C(C)C. The van der Waals surface area contributed by atoms with Gasteiger partial charge in [-0.2, -0.15) is 0 Å². The Morgan fingerprint density at radius 2 is 1.86 bits per heavy atom. The zero-order valence-electron chi connectivity index (χ0n) is 14.7. The molecule has 0 heterocycles. The summed E-state index contributed by atoms with van der Waals surface area (Å²) in [6.45, 7) is 12.8. The second kappa shape index (κ2) is 8.30. The lowest BCUT2D eigenvalue weighted by atomic mass is 9.98. The number of rotatable bonds is 7. The molecule has 0 saturated heterocycles. The summed E-state index contributed by atoms with van der Waals surface area (Å²) in [7, 11) is 0. The Kier molecular flexibility index (Phi) is 7.04. The molecule has 0 aliphatic heterocycles. The number of nitrogens with zero attached hydrogens (tertiary/aromatic N) is 1. The highest BCUT2D eigenvalue weighted by molar-refractivity contribution is 5.94. The zero-order chi connectivity index (χ0) is 16.9. The van der Waals surface area contributed by atoms with Crippen LogP contribution in [-0.4, -0.2) is 41.1 Å². The summed E-state index contributed by atoms with van der Waals surface area (Å²) >= 11 is 0. The van der Waals surface area contributed by atoms with E-state index in [1.54, 1.807) is 6.92 Å². The fourth-order valence-corrected chi connectivity index (χ4v) is 2.50. The van der Waals surface area contributed by atoms with Crippen molar-refractivity contribution in [1.29, 1.82) is 0 Å². The highest BCUT2D eigenvalue weighted by Crippen LogP contribution is 2.27. The van der Waals surface area contributed by atoms with Crippen molar-refractivity contribution in [3.63, 3.8) is 0 Å². The molecule has 0 radical (unpaired) electrons. The number of para-hydroxylation sites is 1. The third kappa shape index (κ3) is 5.43. The highest BCUT2D eigenvalue weighted by atomic mass is 16.3. The molecule has 0 bridgehead atoms. The first kappa shape index (κ1) is 18.7. The lowest BCUT2D eigenvalue weighted by Gasteiger charge is -2.27. The Labute approximate surface area is 134 Å². The molecule has 1 aromatic rings. The molecular weight excluding hydrogens is 276 g/mol. The van der Waals surface area contributed by atoms with Crippen LogP contribution in [-0.2, 0) is 4.79 Å². The van der Waals surface area contributed by atoms with Crippen LogP contribution in [0.1, 0.15) is 51.7 Å². The first-order valence-corrected chi connectivity index (χ1v) is 8.03. The van der Waals surface area contributed by atoms with Gasteiger partial charge in [0.2, 0.25) is 5.91 Å². The number of amides is 1. The van der Waals surface area contributed by atoms with Gasteiger partial charge >= 0.3 is 0 Å². The molecular formula is C18H30N2O2. The Bertz CT molecular complexity index is 496. The van der Waals surface area contributed by atoms with Gasteiger partial charge in [0.05, 0.1) is 12.6 Å². The summed E-state index contributed by atoms with van der Waals surface area (Å²) in [6, 6.07) is 6.30. The molecule has 4 heteroatoms. The maximum atomic E-state index is 12.4. The fourth-order valence-electron chi connectivity index (χ4n) is 2.50. The number of benzene rings is 1. The number of hydrogen-bond acceptors (Lipinski definition) is 3. The van der Waals surface area contributed by atoms with Crippen LogP contribution < -0.4 is 5.32 Å². The van der Waals surface area contributed by atoms with Gasteiger partial charge < -0.3 is 10.4 Å². The molecule has 0 fully saturated rings. The molecule has 0 saturated carbocycles. The van der Waals surface area contributed by atoms with Crippen molar-refractivity contribution in [2.45, 2.75) is 59.6 Å². The van der Waals surface area contributed by atoms with Crippen LogP contribution in [0.3, 0.4) is 0 Å². The average molecular weight is 306 g/mol. The largest absolute Gasteiger partial charge is 0.392 e. The van der Waals surface area contributed by atoms with Crippen LogP contribution in [0.15, 0.2) is 18.2 Å². The predicted molar refractivity (Wildman–Crippen MR) is 92.3 cm³/mol. The molecule has 0 aliphatic carbocycles. The van der Waals surface area contributed by atoms with Crippen molar-refractivity contribution in [2.24, 2.45) is 0 Å². The summed E-state index contributed by atoms with van der Waals surface area (Å²) in [6.07, 6.45) is -0.445. The number of hydrogen-bond donors (Lipinski definition) is 2. The normalized spacial score (nSPS) is 13.0. The van der Waals surface area contributed by atoms with E-state index in [0.717, 1.165) is 16.8 Å². The minimum atomic E-state index is -0.445. The summed E-state index contributed by atoms with van der Waals surface area (Å²) in [4.78, 5) is 14.4. The van der Waals surface area contributed by atoms with Crippen molar-refractivity contribution in [3.8, 4) is 0 Å². The minimum Gasteiger partial charge on any atom is -0.392 e. The summed E-state index contributed by atoms with van der Waals surface area (Å²) < 4.78 is 0. The summed E-state index contributed by atoms with van der Waals surface area (Å²) in [5.74, 6) is 0.319. The molecule has 1 amide bonds. The van der Waals surface area contributed by atoms with E-state index in [1.165, 1.54) is 0 Å². The lowest BCUT2D eigenvalue weighted by molar-refractivity contribution is -0.118. The van der Waals surface area contributed by atoms with Crippen LogP contribution in [0.2, 0.25) is 0 Å². The van der Waals surface area contributed by atoms with E-state index in [4.69, 9.17) is 0 Å². The lowest BCUT2D eigenvalue weighted by Crippen LogP contribution is -2.42. The van der Waals surface area contributed by atoms with Crippen molar-refractivity contribution < 1.29 is 9.90 Å². The van der Waals surface area contributed by atoms with E-state index < -0.39 is 6.10 Å². The quantitative estimate of drug-likeness (QED) is 0.813. The molecule has 2 N–H and O–H groups in total. The third-order valence-electron chi connectivity index (χ3n) is 3.77. The number of carbonyl (C=O) groups is 1. The van der Waals surface area contributed by atoms with Gasteiger partial charge in [0, 0.05) is 18.3 Å². The van der Waals surface area contributed by atoms with Crippen LogP contribution in [0.25, 0.3) is 0 Å². The van der Waals surface area contributed by atoms with Crippen LogP contribution in [0.5, 0.6) is 0 Å². The Hall–Kier alpha value is -1.39. The van der Waals surface area contributed by atoms with Crippen molar-refractivity contribution in [1.82, 2.24) is 4.90 Å². The van der Waals surface area contributed by atoms with Crippen LogP contribution in [0, 0.1) is 6.92 Å². The van der Waals surface area contributed by atoms with Gasteiger partial charge in [-0.05, 0) is 44.7 Å². The first-order valence-electron chi connectivity index (χ1n) is 8.03. The monoisotopic (exact) mass is 306 g/mol. The summed E-state index contributed by atoms with van der Waals surface area (Å²) in [5, 5.41) is 12.6. The third-order valence-corrected chi connectivity index (χ3v) is 3.77. The molecule has 1 rings (SSSR count). The Morgan fingerprint density at radius 1 is 1.23 bits per heavy atom. The van der Waals surface area contributed by atoms with Gasteiger partial charge in [0.25, 0.3) is 0 Å². The topological polar surface area (TPSA) is 52.6 Å². The minimum absolute atomic E-state index is 0.0365. The zero-order valence-corrected chi connectivity index (χ0v) is 14.7. The highest BCUT2D eigenvalue weighted by Gasteiger charge is 2.18. The van der Waals surface area contributed by atoms with Crippen LogP contribution >= 0.6 is 0 Å². The molecule has 0 spiro atoms. The van der Waals surface area contributed by atoms with Gasteiger partial charge in [0.15, 0.2) is 0 Å². The van der Waals surface area contributed by atoms with Gasteiger partial charge in [0.1, 0.15) is 0 Å². The van der Waals surface area contributed by atoms with E-state index in [2.05, 4.69) is 25.2 Å². The number of carbonyl (C=O) groups excluding carboxylic acids is 1. The Balaban J connectivity index is 2.84. The smallest absolute Gasteiger partial charge is 0.238 e. The van der Waals surface area contributed by atoms with Gasteiger partial charge in [-0.25, -0.2) is 0 Å². The standard InChI is InChI=1S/C18H30N2O2/c1-12(2)16-9-7-8-14(5)18(16)19-17(22)11-20(13(3)4)10-15(6)21/h7-9,12-13,15,21H,10-11H2,1-6H3,(H,19,22). The van der Waals surface area contributed by atoms with Crippen molar-refractivity contribution in [3.05, 3.63) is 29.3 Å². The molecule has 4 nitrogen and oxygen atoms in total. The van der Waals surface area contributed by atoms with Crippen molar-refractivity contribution >= 4 is 11.6 Å². The average Bonchev–Trinajstić information content (AvgIpc) is 2.39. The second-order valence-electron chi connectivity index (χ2n) is 6.61. The van der Waals surface area contributed by atoms with E-state index in [0.29, 0.717) is 12.5 Å². The molecule has 124 valence electrons. The van der Waals surface area contributed by atoms with Crippen LogP contribution in [0.4, 0.5) is 5.69 Å². The number of aliphatic hydroxyl groups excluding tert-OH is 1.